The van der Waals surface area contributed by atoms with Crippen LogP contribution in [0.4, 0.5) is 0 Å². The average molecular weight is 430 g/mol. The van der Waals surface area contributed by atoms with Crippen LogP contribution in [-0.4, -0.2) is 77.0 Å². The molecule has 3 heterocycles. The second-order valence-electron chi connectivity index (χ2n) is 9.01. The number of morpholine rings is 1. The molecule has 8 nitrogen and oxygen atoms in total. The lowest BCUT2D eigenvalue weighted by Crippen LogP contribution is -2.46. The van der Waals surface area contributed by atoms with Gasteiger partial charge >= 0.3 is 0 Å². The molecule has 3 fully saturated rings. The van der Waals surface area contributed by atoms with Gasteiger partial charge in [-0.2, -0.15) is 0 Å². The van der Waals surface area contributed by atoms with Crippen LogP contribution in [0, 0.1) is 6.92 Å². The van der Waals surface area contributed by atoms with Gasteiger partial charge in [0.1, 0.15) is 5.82 Å². The van der Waals surface area contributed by atoms with Gasteiger partial charge in [0.2, 0.25) is 5.91 Å². The summed E-state index contributed by atoms with van der Waals surface area (Å²) in [6.45, 7) is 5.35. The standard InChI is InChI=1S/C23H35N5O3/c1-17-24-15-19(23(30)27-11-13-31-14-12-27)22(25-17)20-9-5-6-10-28(20)16-21(29)26-18-7-3-2-4-8-18/h15,18,20H,2-14,16H2,1H3,(H,26,29)/t20-/m0/s1. The van der Waals surface area contributed by atoms with Gasteiger partial charge in [-0.05, 0) is 39.2 Å². The summed E-state index contributed by atoms with van der Waals surface area (Å²) in [5.41, 5.74) is 1.34. The maximum absolute atomic E-state index is 13.3. The number of nitrogens with zero attached hydrogens (tertiary/aromatic N) is 4. The maximum atomic E-state index is 13.3. The maximum Gasteiger partial charge on any atom is 0.257 e. The Balaban J connectivity index is 1.51. The van der Waals surface area contributed by atoms with Crippen molar-refractivity contribution >= 4 is 11.8 Å². The highest BCUT2D eigenvalue weighted by Crippen LogP contribution is 2.32. The molecular formula is C23H35N5O3. The van der Waals surface area contributed by atoms with E-state index in [4.69, 9.17) is 9.72 Å². The lowest BCUT2D eigenvalue weighted by Gasteiger charge is -2.36. The van der Waals surface area contributed by atoms with Gasteiger partial charge in [0.15, 0.2) is 0 Å². The molecule has 2 aliphatic heterocycles. The summed E-state index contributed by atoms with van der Waals surface area (Å²) in [5, 5.41) is 3.24. The number of rotatable bonds is 5. The van der Waals surface area contributed by atoms with Crippen molar-refractivity contribution in [2.75, 3.05) is 39.4 Å². The zero-order chi connectivity index (χ0) is 21.6. The van der Waals surface area contributed by atoms with Crippen molar-refractivity contribution in [1.29, 1.82) is 0 Å². The first-order chi connectivity index (χ1) is 15.1. The number of nitrogens with one attached hydrogen (secondary N) is 1. The van der Waals surface area contributed by atoms with Crippen LogP contribution in [0.2, 0.25) is 0 Å². The first-order valence-corrected chi connectivity index (χ1v) is 11.9. The summed E-state index contributed by atoms with van der Waals surface area (Å²) in [7, 11) is 0. The van der Waals surface area contributed by atoms with E-state index in [0.717, 1.165) is 44.3 Å². The fraction of sp³-hybridized carbons (Fsp3) is 0.739. The van der Waals surface area contributed by atoms with E-state index in [2.05, 4.69) is 15.2 Å². The molecule has 170 valence electrons. The molecule has 2 amide bonds. The Kier molecular flexibility index (Phi) is 7.50. The number of aryl methyl sites for hydroxylation is 1. The molecule has 31 heavy (non-hydrogen) atoms. The molecule has 0 aromatic carbocycles. The molecule has 4 rings (SSSR count). The van der Waals surface area contributed by atoms with E-state index in [0.29, 0.717) is 50.3 Å². The van der Waals surface area contributed by atoms with Crippen LogP contribution in [-0.2, 0) is 9.53 Å². The molecule has 1 aromatic heterocycles. The smallest absolute Gasteiger partial charge is 0.257 e. The zero-order valence-corrected chi connectivity index (χ0v) is 18.6. The first-order valence-electron chi connectivity index (χ1n) is 11.9. The summed E-state index contributed by atoms with van der Waals surface area (Å²) in [4.78, 5) is 39.2. The molecule has 8 heteroatoms. The number of aromatic nitrogens is 2. The fourth-order valence-corrected chi connectivity index (χ4v) is 5.04. The van der Waals surface area contributed by atoms with Gasteiger partial charge in [-0.25, -0.2) is 9.97 Å². The number of piperidine rings is 1. The minimum atomic E-state index is -0.0347. The van der Waals surface area contributed by atoms with Crippen LogP contribution in [0.1, 0.15) is 79.3 Å². The highest BCUT2D eigenvalue weighted by atomic mass is 16.5. The number of hydrogen-bond donors (Lipinski definition) is 1. The topological polar surface area (TPSA) is 87.7 Å². The summed E-state index contributed by atoms with van der Waals surface area (Å²) < 4.78 is 5.40. The first kappa shape index (κ1) is 22.1. The Morgan fingerprint density at radius 1 is 1.06 bits per heavy atom. The second-order valence-corrected chi connectivity index (χ2v) is 9.01. The van der Waals surface area contributed by atoms with Gasteiger partial charge in [0, 0.05) is 25.3 Å². The molecular weight excluding hydrogens is 394 g/mol. The number of hydrogen-bond acceptors (Lipinski definition) is 6. The highest BCUT2D eigenvalue weighted by Gasteiger charge is 2.32. The van der Waals surface area contributed by atoms with Crippen molar-refractivity contribution in [3.05, 3.63) is 23.3 Å². The zero-order valence-electron chi connectivity index (χ0n) is 18.6. The van der Waals surface area contributed by atoms with Gasteiger partial charge in [-0.3, -0.25) is 14.5 Å². The van der Waals surface area contributed by atoms with Crippen molar-refractivity contribution in [2.24, 2.45) is 0 Å². The molecule has 0 radical (unpaired) electrons. The van der Waals surface area contributed by atoms with Gasteiger partial charge in [-0.1, -0.05) is 25.7 Å². The Labute approximate surface area is 184 Å². The second kappa shape index (κ2) is 10.5. The minimum absolute atomic E-state index is 0.0320. The molecule has 2 saturated heterocycles. The predicted octanol–water partition coefficient (Wildman–Crippen LogP) is 2.23. The summed E-state index contributed by atoms with van der Waals surface area (Å²) in [6, 6.07) is 0.275. The molecule has 3 aliphatic rings. The third-order valence-corrected chi connectivity index (χ3v) is 6.71. The monoisotopic (exact) mass is 429 g/mol. The number of likely N-dealkylation sites (tertiary alicyclic amines) is 1. The number of ether oxygens (including phenoxy) is 1. The van der Waals surface area contributed by atoms with Crippen molar-refractivity contribution < 1.29 is 14.3 Å². The van der Waals surface area contributed by atoms with Crippen LogP contribution >= 0.6 is 0 Å². The van der Waals surface area contributed by atoms with Crippen LogP contribution in [0.15, 0.2) is 6.20 Å². The molecule has 0 spiro atoms. The van der Waals surface area contributed by atoms with Crippen LogP contribution in [0.5, 0.6) is 0 Å². The number of carbonyl (C=O) groups is 2. The lowest BCUT2D eigenvalue weighted by molar-refractivity contribution is -0.124. The van der Waals surface area contributed by atoms with Gasteiger partial charge < -0.3 is 15.0 Å². The number of carbonyl (C=O) groups excluding carboxylic acids is 2. The average Bonchev–Trinajstić information content (AvgIpc) is 2.80. The van der Waals surface area contributed by atoms with E-state index in [9.17, 15) is 9.59 Å². The quantitative estimate of drug-likeness (QED) is 0.772. The van der Waals surface area contributed by atoms with E-state index in [1.165, 1.54) is 19.3 Å². The molecule has 1 aromatic rings. The van der Waals surface area contributed by atoms with E-state index >= 15 is 0 Å². The van der Waals surface area contributed by atoms with E-state index in [1.54, 1.807) is 6.20 Å². The third kappa shape index (κ3) is 5.60. The predicted molar refractivity (Wildman–Crippen MR) is 117 cm³/mol. The molecule has 0 bridgehead atoms. The minimum Gasteiger partial charge on any atom is -0.378 e. The van der Waals surface area contributed by atoms with Crippen LogP contribution in [0.3, 0.4) is 0 Å². The van der Waals surface area contributed by atoms with Crippen molar-refractivity contribution in [3.8, 4) is 0 Å². The van der Waals surface area contributed by atoms with Crippen LogP contribution < -0.4 is 5.32 Å². The summed E-state index contributed by atoms with van der Waals surface area (Å²) >= 11 is 0. The molecule has 1 atom stereocenters. The highest BCUT2D eigenvalue weighted by molar-refractivity contribution is 5.95. The largest absolute Gasteiger partial charge is 0.378 e. The SMILES string of the molecule is Cc1ncc(C(=O)N2CCOCC2)c([C@@H]2CCCCN2CC(=O)NC2CCCCC2)n1. The molecule has 0 unspecified atom stereocenters. The van der Waals surface area contributed by atoms with Crippen molar-refractivity contribution in [1.82, 2.24) is 25.1 Å². The molecule has 1 saturated carbocycles. The fourth-order valence-electron chi connectivity index (χ4n) is 5.04. The van der Waals surface area contributed by atoms with Gasteiger partial charge in [0.25, 0.3) is 5.91 Å². The third-order valence-electron chi connectivity index (χ3n) is 6.71. The van der Waals surface area contributed by atoms with Crippen molar-refractivity contribution in [3.63, 3.8) is 0 Å². The van der Waals surface area contributed by atoms with Crippen LogP contribution in [0.25, 0.3) is 0 Å². The Morgan fingerprint density at radius 3 is 2.58 bits per heavy atom. The normalized spacial score (nSPS) is 23.5. The van der Waals surface area contributed by atoms with E-state index in [1.807, 2.05) is 11.8 Å². The number of amides is 2. The molecule has 1 N–H and O–H groups in total. The summed E-state index contributed by atoms with van der Waals surface area (Å²) in [5.74, 6) is 0.715. The molecule has 1 aliphatic carbocycles. The van der Waals surface area contributed by atoms with Gasteiger partial charge in [-0.15, -0.1) is 0 Å². The van der Waals surface area contributed by atoms with E-state index in [-0.39, 0.29) is 17.9 Å². The van der Waals surface area contributed by atoms with Crippen molar-refractivity contribution in [2.45, 2.75) is 70.4 Å². The lowest BCUT2D eigenvalue weighted by atomic mass is 9.95. The van der Waals surface area contributed by atoms with E-state index < -0.39 is 0 Å². The Bertz CT molecular complexity index is 774. The Morgan fingerprint density at radius 2 is 1.81 bits per heavy atom. The van der Waals surface area contributed by atoms with Gasteiger partial charge in [0.05, 0.1) is 37.1 Å². The summed E-state index contributed by atoms with van der Waals surface area (Å²) in [6.07, 6.45) is 10.5. The Hall–Kier alpha value is -2.06.